The highest BCUT2D eigenvalue weighted by Gasteiger charge is 2.73. The van der Waals surface area contributed by atoms with Crippen LogP contribution in [0.15, 0.2) is 69.9 Å². The maximum atomic E-state index is 12.6. The number of aliphatic carboxylic acids is 1. The fourth-order valence-electron chi connectivity index (χ4n) is 14.6. The Kier molecular flexibility index (Phi) is 26.9. The molecule has 17 nitrogen and oxygen atoms in total. The lowest BCUT2D eigenvalue weighted by Crippen LogP contribution is -2.50. The average molecular weight is 1240 g/mol. The zero-order valence-electron chi connectivity index (χ0n) is 57.7. The largest absolute Gasteiger partial charge is 0.478 e. The van der Waals surface area contributed by atoms with Crippen molar-refractivity contribution in [3.63, 3.8) is 0 Å². The second-order valence-electron chi connectivity index (χ2n) is 28.8. The third-order valence-corrected chi connectivity index (χ3v) is 19.9. The molecule has 6 saturated heterocycles. The van der Waals surface area contributed by atoms with Crippen molar-refractivity contribution in [3.05, 3.63) is 69.9 Å². The van der Waals surface area contributed by atoms with Gasteiger partial charge in [0.15, 0.2) is 11.6 Å². The van der Waals surface area contributed by atoms with E-state index in [0.717, 1.165) is 140 Å². The molecule has 15 atom stereocenters. The molecule has 0 aromatic carbocycles. The lowest BCUT2D eigenvalue weighted by Gasteiger charge is -2.40. The first kappa shape index (κ1) is 73.8. The van der Waals surface area contributed by atoms with Gasteiger partial charge in [-0.15, -0.1) is 0 Å². The number of carbonyl (C=O) groups excluding carboxylic acids is 2. The molecule has 17 heteroatoms. The van der Waals surface area contributed by atoms with Gasteiger partial charge in [0.25, 0.3) is 0 Å². The fraction of sp³-hybridized carbons (Fsp3) is 0.789. The van der Waals surface area contributed by atoms with Crippen LogP contribution in [0, 0.1) is 17.8 Å². The Morgan fingerprint density at radius 2 is 0.784 bits per heavy atom. The van der Waals surface area contributed by atoms with Crippen LogP contribution in [0.5, 0.6) is 0 Å². The van der Waals surface area contributed by atoms with E-state index in [1.54, 1.807) is 21.3 Å². The molecule has 0 radical (unpaired) electrons. The van der Waals surface area contributed by atoms with Crippen molar-refractivity contribution in [1.29, 1.82) is 0 Å². The molecule has 3 saturated carbocycles. The maximum Gasteiger partial charge on any atom is 0.328 e. The number of ketones is 2. The first-order chi connectivity index (χ1) is 41.5. The van der Waals surface area contributed by atoms with Gasteiger partial charge < -0.3 is 68.2 Å². The SMILES string of the molecule is CN(C)CCCN.CO[C@@H]1C(=CC(=O)CCCCN(C)C)CC[C@]2(CO2)[C@H]1[C@@]1(C)O[C@@H]1CC=C(C)C.CO[C@@H]1C(=CC(=O)CCCCN(C)C)CC[C@]2(CO2)[C@H]1[C@@]1(C)O[C@@H]1CC=C(C)C.CO[C@@H]1C(=CC(=O)O)CC[C@]2(CO2)[C@H]1[C@@]1(C)O[C@@H]1CC=C(C)C. The summed E-state index contributed by atoms with van der Waals surface area (Å²) in [6.07, 6.45) is 25.9. The van der Waals surface area contributed by atoms with Crippen molar-refractivity contribution in [2.45, 2.75) is 235 Å². The maximum absolute atomic E-state index is 12.6. The highest BCUT2D eigenvalue weighted by molar-refractivity contribution is 5.91. The molecule has 88 heavy (non-hydrogen) atoms. The average Bonchev–Trinajstić information content (AvgIpc) is 1.72. The van der Waals surface area contributed by atoms with E-state index in [2.05, 4.69) is 138 Å². The van der Waals surface area contributed by atoms with Gasteiger partial charge in [0, 0.05) is 40.2 Å². The van der Waals surface area contributed by atoms with Crippen molar-refractivity contribution in [2.24, 2.45) is 23.5 Å². The van der Waals surface area contributed by atoms with Crippen LogP contribution in [-0.2, 0) is 57.0 Å². The minimum atomic E-state index is -0.920. The second kappa shape index (κ2) is 32.0. The third kappa shape index (κ3) is 19.6. The zero-order valence-corrected chi connectivity index (χ0v) is 57.7. The molecule has 3 N–H and O–H groups in total. The summed E-state index contributed by atoms with van der Waals surface area (Å²) in [7, 11) is 17.5. The fourth-order valence-corrected chi connectivity index (χ4v) is 14.6. The van der Waals surface area contributed by atoms with Crippen molar-refractivity contribution in [1.82, 2.24) is 14.7 Å². The number of carboxylic acids is 1. The number of nitrogens with zero attached hydrogens (tertiary/aromatic N) is 3. The molecule has 9 fully saturated rings. The molecule has 0 aromatic heterocycles. The Morgan fingerprint density at radius 1 is 0.500 bits per heavy atom. The van der Waals surface area contributed by atoms with Gasteiger partial charge in [0.1, 0.15) is 33.6 Å². The van der Waals surface area contributed by atoms with E-state index in [0.29, 0.717) is 25.9 Å². The van der Waals surface area contributed by atoms with Crippen LogP contribution < -0.4 is 5.73 Å². The van der Waals surface area contributed by atoms with E-state index in [4.69, 9.17) is 53.5 Å². The van der Waals surface area contributed by atoms with Gasteiger partial charge in [-0.05, 0) is 250 Å². The first-order valence-corrected chi connectivity index (χ1v) is 33.0. The Bertz CT molecular complexity index is 2400. The highest BCUT2D eigenvalue weighted by atomic mass is 16.6. The van der Waals surface area contributed by atoms with Gasteiger partial charge >= 0.3 is 5.97 Å². The summed E-state index contributed by atoms with van der Waals surface area (Å²) in [4.78, 5) is 42.8. The topological polar surface area (TPSA) is 210 Å². The lowest BCUT2D eigenvalue weighted by atomic mass is 9.67. The summed E-state index contributed by atoms with van der Waals surface area (Å²) in [5, 5.41) is 9.12. The van der Waals surface area contributed by atoms with E-state index in [-0.39, 0.29) is 99.6 Å². The number of hydrogen-bond donors (Lipinski definition) is 2. The molecule has 9 aliphatic rings. The summed E-state index contributed by atoms with van der Waals surface area (Å²) < 4.78 is 54.0. The third-order valence-electron chi connectivity index (χ3n) is 19.9. The number of carboxylic acid groups (broad SMARTS) is 1. The van der Waals surface area contributed by atoms with Crippen LogP contribution in [-0.4, -0.2) is 217 Å². The Hall–Kier alpha value is -3.27. The normalized spacial score (nSPS) is 36.7. The van der Waals surface area contributed by atoms with Gasteiger partial charge in [-0.25, -0.2) is 4.79 Å². The smallest absolute Gasteiger partial charge is 0.328 e. The number of ether oxygens (including phenoxy) is 9. The Labute approximate surface area is 530 Å². The van der Waals surface area contributed by atoms with E-state index in [1.807, 2.05) is 12.2 Å². The molecule has 0 aromatic rings. The molecule has 6 aliphatic heterocycles. The number of allylic oxidation sites excluding steroid dienone is 5. The van der Waals surface area contributed by atoms with Crippen LogP contribution in [0.1, 0.15) is 165 Å². The van der Waals surface area contributed by atoms with Gasteiger partial charge in [-0.3, -0.25) is 9.59 Å². The molecule has 6 heterocycles. The quantitative estimate of drug-likeness (QED) is 0.0323. The van der Waals surface area contributed by atoms with E-state index in [1.165, 1.54) is 22.8 Å². The molecule has 500 valence electrons. The standard InChI is InChI=1S/2C24H39NO4.C18H26O5.C5H14N2/c2*1-17(2)10-11-20-23(3,29-20)22-21(27-6)18(12-13-24(22)16-28-24)15-19(26)9-7-8-14-25(4)5;1-11(2)5-6-13-17(3,23-13)16-15(21-4)12(9-14(19)20)7-8-18(16)10-22-18;1-7(2)5-3-4-6/h2*10,15,20-22H,7-9,11-14,16H2,1-6H3;5,9,13,15-16H,6-8,10H2,1-4H3,(H,19,20);3-6H2,1-2H3/t2*20-,21-,22-,23+,24+;13-,15-,16-,17+,18+;/m111./s1. The Morgan fingerprint density at radius 3 is 1.01 bits per heavy atom. The van der Waals surface area contributed by atoms with Gasteiger partial charge in [-0.1, -0.05) is 34.9 Å². The van der Waals surface area contributed by atoms with Crippen molar-refractivity contribution in [2.75, 3.05) is 110 Å². The van der Waals surface area contributed by atoms with Gasteiger partial charge in [-0.2, -0.15) is 0 Å². The molecule has 0 bridgehead atoms. The van der Waals surface area contributed by atoms with Crippen LogP contribution in [0.4, 0.5) is 0 Å². The zero-order chi connectivity index (χ0) is 65.0. The van der Waals surface area contributed by atoms with E-state index < -0.39 is 5.97 Å². The molecule has 0 amide bonds. The van der Waals surface area contributed by atoms with Crippen LogP contribution in [0.25, 0.3) is 0 Å². The summed E-state index contributed by atoms with van der Waals surface area (Å²) in [5.41, 5.74) is 10.9. The summed E-state index contributed by atoms with van der Waals surface area (Å²) in [6.45, 7) is 25.4. The minimum absolute atomic E-state index is 0.0370. The summed E-state index contributed by atoms with van der Waals surface area (Å²) in [5.74, 6) is -0.175. The summed E-state index contributed by atoms with van der Waals surface area (Å²) in [6, 6.07) is 0. The minimum Gasteiger partial charge on any atom is -0.478 e. The molecule has 3 aliphatic carbocycles. The lowest BCUT2D eigenvalue weighted by molar-refractivity contribution is -0.131. The number of nitrogens with two attached hydrogens (primary N) is 1. The molecule has 0 unspecified atom stereocenters. The van der Waals surface area contributed by atoms with E-state index in [9.17, 15) is 14.4 Å². The van der Waals surface area contributed by atoms with Crippen LogP contribution in [0.2, 0.25) is 0 Å². The molecule has 3 spiro atoms. The molecule has 9 rings (SSSR count). The van der Waals surface area contributed by atoms with Crippen LogP contribution in [0.3, 0.4) is 0 Å². The first-order valence-electron chi connectivity index (χ1n) is 33.0. The van der Waals surface area contributed by atoms with Gasteiger partial charge in [0.2, 0.25) is 0 Å². The van der Waals surface area contributed by atoms with Crippen molar-refractivity contribution in [3.8, 4) is 0 Å². The molecular formula is C71H118N4O13. The van der Waals surface area contributed by atoms with E-state index >= 15 is 0 Å². The van der Waals surface area contributed by atoms with Crippen molar-refractivity contribution >= 4 is 17.5 Å². The monoisotopic (exact) mass is 1230 g/mol. The highest BCUT2D eigenvalue weighted by Crippen LogP contribution is 2.63. The number of rotatable bonds is 28. The molecular weight excluding hydrogens is 1120 g/mol. The van der Waals surface area contributed by atoms with Crippen molar-refractivity contribution < 1.29 is 62.1 Å². The number of hydrogen-bond acceptors (Lipinski definition) is 16. The predicted molar refractivity (Wildman–Crippen MR) is 348 cm³/mol. The number of methoxy groups -OCH3 is 3. The second-order valence-corrected chi connectivity index (χ2v) is 28.8. The van der Waals surface area contributed by atoms with Gasteiger partial charge in [0.05, 0.1) is 74.2 Å². The number of carbonyl (C=O) groups is 3. The predicted octanol–water partition coefficient (Wildman–Crippen LogP) is 10.4. The van der Waals surface area contributed by atoms with Crippen LogP contribution >= 0.6 is 0 Å². The Balaban J connectivity index is 0.000000201. The summed E-state index contributed by atoms with van der Waals surface area (Å²) >= 11 is 0. The number of unbranched alkanes of at least 4 members (excludes halogenated alkanes) is 2. The number of epoxide rings is 6.